The molecule has 3 aromatic rings. The third-order valence-corrected chi connectivity index (χ3v) is 7.92. The lowest BCUT2D eigenvalue weighted by molar-refractivity contribution is -0.180. The Morgan fingerprint density at radius 2 is 2.14 bits per heavy atom. The largest absolute Gasteiger partial charge is 0.493 e. The second kappa shape index (κ2) is 8.71. The summed E-state index contributed by atoms with van der Waals surface area (Å²) < 4.78 is 17.5. The standard InChI is InChI=1S/C27H29ClN4O4/c1-27(2)13-36-20(27)12-35-19-11-29-10-9-15(19)23-24(30-18-6-4-5-16(28)25(18)34-3)21-22(32-23)14-7-8-17(14)31-26(21)33/h4-6,9-11,14,17,20,30,32H,7-8,12-13H2,1-3H3,(H,31,33)/t14-,17+,20-/m1/s1. The molecular weight excluding hydrogens is 480 g/mol. The lowest BCUT2D eigenvalue weighted by Gasteiger charge is -2.43. The summed E-state index contributed by atoms with van der Waals surface area (Å²) in [5, 5.41) is 7.10. The third kappa shape index (κ3) is 3.71. The Morgan fingerprint density at radius 1 is 1.28 bits per heavy atom. The van der Waals surface area contributed by atoms with E-state index in [0.29, 0.717) is 40.1 Å². The van der Waals surface area contributed by atoms with Crippen LogP contribution < -0.4 is 20.1 Å². The van der Waals surface area contributed by atoms with Crippen LogP contribution in [0.2, 0.25) is 5.02 Å². The van der Waals surface area contributed by atoms with E-state index in [2.05, 4.69) is 34.4 Å². The Morgan fingerprint density at radius 3 is 2.83 bits per heavy atom. The first kappa shape index (κ1) is 23.2. The zero-order chi connectivity index (χ0) is 25.0. The van der Waals surface area contributed by atoms with E-state index in [1.807, 2.05) is 18.2 Å². The molecule has 2 fully saturated rings. The number of carbonyl (C=O) groups excluding carboxylic acids is 1. The van der Waals surface area contributed by atoms with Crippen LogP contribution in [0.5, 0.6) is 11.5 Å². The number of rotatable bonds is 7. The smallest absolute Gasteiger partial charge is 0.255 e. The molecule has 2 aromatic heterocycles. The molecule has 36 heavy (non-hydrogen) atoms. The molecule has 1 aliphatic carbocycles. The number of nitrogens with zero attached hydrogens (tertiary/aromatic N) is 1. The highest BCUT2D eigenvalue weighted by Gasteiger charge is 2.44. The molecule has 3 aliphatic rings. The summed E-state index contributed by atoms with van der Waals surface area (Å²) in [7, 11) is 1.57. The number of H-pyrrole nitrogens is 1. The topological polar surface area (TPSA) is 97.5 Å². The number of amides is 1. The number of methoxy groups -OCH3 is 1. The van der Waals surface area contributed by atoms with Gasteiger partial charge in [-0.15, -0.1) is 0 Å². The van der Waals surface area contributed by atoms with Gasteiger partial charge in [0.15, 0.2) is 5.75 Å². The zero-order valence-electron chi connectivity index (χ0n) is 20.5. The van der Waals surface area contributed by atoms with Gasteiger partial charge in [-0.2, -0.15) is 0 Å². The van der Waals surface area contributed by atoms with Crippen molar-refractivity contribution in [1.82, 2.24) is 15.3 Å². The van der Waals surface area contributed by atoms with Gasteiger partial charge in [-0.1, -0.05) is 31.5 Å². The normalized spacial score (nSPS) is 23.4. The Labute approximate surface area is 214 Å². The number of ether oxygens (including phenoxy) is 3. The van der Waals surface area contributed by atoms with Gasteiger partial charge in [0.2, 0.25) is 0 Å². The van der Waals surface area contributed by atoms with Crippen LogP contribution in [-0.2, 0) is 4.74 Å². The monoisotopic (exact) mass is 508 g/mol. The predicted octanol–water partition coefficient (Wildman–Crippen LogP) is 5.28. The minimum atomic E-state index is -0.0990. The van der Waals surface area contributed by atoms with Crippen LogP contribution in [0.3, 0.4) is 0 Å². The molecule has 0 unspecified atom stereocenters. The maximum absolute atomic E-state index is 13.3. The molecule has 8 nitrogen and oxygen atoms in total. The summed E-state index contributed by atoms with van der Waals surface area (Å²) in [5.41, 5.74) is 4.52. The molecule has 0 bridgehead atoms. The minimum absolute atomic E-state index is 0.0113. The van der Waals surface area contributed by atoms with Gasteiger partial charge in [0.05, 0.1) is 53.7 Å². The molecule has 188 valence electrons. The molecule has 0 radical (unpaired) electrons. The van der Waals surface area contributed by atoms with Crippen molar-refractivity contribution in [2.75, 3.05) is 25.6 Å². The van der Waals surface area contributed by atoms with Crippen molar-refractivity contribution in [3.05, 3.63) is 52.9 Å². The van der Waals surface area contributed by atoms with E-state index in [1.165, 1.54) is 0 Å². The van der Waals surface area contributed by atoms with Gasteiger partial charge >= 0.3 is 0 Å². The molecule has 1 aromatic carbocycles. The van der Waals surface area contributed by atoms with E-state index < -0.39 is 0 Å². The van der Waals surface area contributed by atoms with Gasteiger partial charge in [-0.25, -0.2) is 0 Å². The minimum Gasteiger partial charge on any atom is -0.493 e. The maximum Gasteiger partial charge on any atom is 0.255 e. The van der Waals surface area contributed by atoms with Crippen molar-refractivity contribution in [1.29, 1.82) is 0 Å². The SMILES string of the molecule is COc1c(Cl)cccc1Nc1c(-c2ccncc2OC[C@H]2OCC2(C)C)[nH]c2c1C(=O)N[C@H]1CC[C@@H]21. The number of anilines is 2. The van der Waals surface area contributed by atoms with Crippen LogP contribution in [0.25, 0.3) is 11.3 Å². The number of halogens is 1. The summed E-state index contributed by atoms with van der Waals surface area (Å²) in [6, 6.07) is 7.55. The van der Waals surface area contributed by atoms with Crippen molar-refractivity contribution in [2.45, 2.75) is 44.8 Å². The summed E-state index contributed by atoms with van der Waals surface area (Å²) in [5.74, 6) is 1.28. The fourth-order valence-electron chi connectivity index (χ4n) is 5.24. The van der Waals surface area contributed by atoms with Crippen LogP contribution in [0.15, 0.2) is 36.7 Å². The van der Waals surface area contributed by atoms with Crippen LogP contribution in [0.1, 0.15) is 48.7 Å². The van der Waals surface area contributed by atoms with E-state index in [-0.39, 0.29) is 29.4 Å². The van der Waals surface area contributed by atoms with E-state index in [1.54, 1.807) is 25.6 Å². The molecule has 9 heteroatoms. The number of benzene rings is 1. The number of pyridine rings is 1. The van der Waals surface area contributed by atoms with Gasteiger partial charge < -0.3 is 29.8 Å². The fourth-order valence-corrected chi connectivity index (χ4v) is 5.50. The maximum atomic E-state index is 13.3. The number of aromatic nitrogens is 2. The zero-order valence-corrected chi connectivity index (χ0v) is 21.2. The predicted molar refractivity (Wildman–Crippen MR) is 138 cm³/mol. The molecular formula is C27H29ClN4O4. The number of nitrogens with one attached hydrogen (secondary N) is 3. The number of hydrogen-bond acceptors (Lipinski definition) is 6. The molecule has 4 heterocycles. The van der Waals surface area contributed by atoms with Crippen molar-refractivity contribution < 1.29 is 19.0 Å². The molecule has 3 N–H and O–H groups in total. The first-order valence-corrected chi connectivity index (χ1v) is 12.6. The molecule has 1 saturated heterocycles. The highest BCUT2D eigenvalue weighted by atomic mass is 35.5. The van der Waals surface area contributed by atoms with Crippen molar-refractivity contribution in [3.8, 4) is 22.8 Å². The van der Waals surface area contributed by atoms with Gasteiger partial charge in [0.1, 0.15) is 12.4 Å². The van der Waals surface area contributed by atoms with Crippen LogP contribution in [-0.4, -0.2) is 48.3 Å². The Balaban J connectivity index is 1.44. The highest BCUT2D eigenvalue weighted by molar-refractivity contribution is 6.32. The van der Waals surface area contributed by atoms with Gasteiger partial charge in [0, 0.05) is 34.8 Å². The highest BCUT2D eigenvalue weighted by Crippen LogP contribution is 2.49. The average molecular weight is 509 g/mol. The average Bonchev–Trinajstić information content (AvgIpc) is 3.19. The second-order valence-electron chi connectivity index (χ2n) is 10.3. The van der Waals surface area contributed by atoms with E-state index in [9.17, 15) is 4.79 Å². The van der Waals surface area contributed by atoms with E-state index in [4.69, 9.17) is 25.8 Å². The number of carbonyl (C=O) groups is 1. The Kier molecular flexibility index (Phi) is 5.61. The quantitative estimate of drug-likeness (QED) is 0.402. The molecule has 3 atom stereocenters. The summed E-state index contributed by atoms with van der Waals surface area (Å²) in [6.45, 7) is 5.48. The van der Waals surface area contributed by atoms with Crippen LogP contribution in [0, 0.1) is 5.41 Å². The van der Waals surface area contributed by atoms with Crippen molar-refractivity contribution in [3.63, 3.8) is 0 Å². The lowest BCUT2D eigenvalue weighted by atomic mass is 9.74. The summed E-state index contributed by atoms with van der Waals surface area (Å²) in [4.78, 5) is 21.2. The molecule has 0 spiro atoms. The van der Waals surface area contributed by atoms with Crippen LogP contribution in [0.4, 0.5) is 11.4 Å². The summed E-state index contributed by atoms with van der Waals surface area (Å²) in [6.07, 6.45) is 5.44. The molecule has 1 saturated carbocycles. The second-order valence-corrected chi connectivity index (χ2v) is 10.8. The van der Waals surface area contributed by atoms with Gasteiger partial charge in [0.25, 0.3) is 5.91 Å². The summed E-state index contributed by atoms with van der Waals surface area (Å²) >= 11 is 6.40. The van der Waals surface area contributed by atoms with Gasteiger partial charge in [-0.3, -0.25) is 9.78 Å². The van der Waals surface area contributed by atoms with E-state index in [0.717, 1.165) is 36.4 Å². The lowest BCUT2D eigenvalue weighted by Crippen LogP contribution is -2.50. The third-order valence-electron chi connectivity index (χ3n) is 7.62. The van der Waals surface area contributed by atoms with Crippen molar-refractivity contribution >= 4 is 28.9 Å². The number of para-hydroxylation sites is 1. The number of fused-ring (bicyclic) bond motifs is 3. The number of hydrogen-bond donors (Lipinski definition) is 3. The molecule has 6 rings (SSSR count). The number of aromatic amines is 1. The first-order chi connectivity index (χ1) is 17.4. The van der Waals surface area contributed by atoms with Crippen LogP contribution >= 0.6 is 11.6 Å². The fraction of sp³-hybridized carbons (Fsp3) is 0.407. The Hall–Kier alpha value is -3.23. The molecule has 1 amide bonds. The van der Waals surface area contributed by atoms with Crippen molar-refractivity contribution in [2.24, 2.45) is 5.41 Å². The Bertz CT molecular complexity index is 1340. The van der Waals surface area contributed by atoms with Gasteiger partial charge in [-0.05, 0) is 31.0 Å². The van der Waals surface area contributed by atoms with E-state index >= 15 is 0 Å². The molecule has 2 aliphatic heterocycles. The first-order valence-electron chi connectivity index (χ1n) is 12.2.